The lowest BCUT2D eigenvalue weighted by Crippen LogP contribution is -2.26. The van der Waals surface area contributed by atoms with Gasteiger partial charge in [0, 0.05) is 52.1 Å². The van der Waals surface area contributed by atoms with E-state index >= 15 is 0 Å². The Hall–Kier alpha value is -4.18. The number of rotatable bonds is 3. The van der Waals surface area contributed by atoms with Gasteiger partial charge >= 0.3 is 0 Å². The van der Waals surface area contributed by atoms with Crippen molar-refractivity contribution in [2.45, 2.75) is 45.7 Å². The highest BCUT2D eigenvalue weighted by molar-refractivity contribution is 6.12. The summed E-state index contributed by atoms with van der Waals surface area (Å²) < 4.78 is 16.3. The Morgan fingerprint density at radius 1 is 0.868 bits per heavy atom. The number of nitrogens with zero attached hydrogens (tertiary/aromatic N) is 3. The van der Waals surface area contributed by atoms with Crippen LogP contribution in [0.5, 0.6) is 0 Å². The van der Waals surface area contributed by atoms with E-state index in [0.717, 1.165) is 17.1 Å². The third-order valence-electron chi connectivity index (χ3n) is 7.73. The minimum Gasteiger partial charge on any atom is -0.311 e. The van der Waals surface area contributed by atoms with Crippen molar-refractivity contribution in [3.63, 3.8) is 0 Å². The lowest BCUT2D eigenvalue weighted by molar-refractivity contribution is 0.400. The van der Waals surface area contributed by atoms with E-state index < -0.39 is 6.17 Å². The Morgan fingerprint density at radius 2 is 1.63 bits per heavy atom. The number of benzene rings is 3. The molecule has 3 aromatic carbocycles. The number of fused-ring (bicyclic) bond motifs is 5. The summed E-state index contributed by atoms with van der Waals surface area (Å²) in [6, 6.07) is 26.1. The fraction of sp³-hybridized carbons (Fsp3) is 0.206. The van der Waals surface area contributed by atoms with E-state index in [9.17, 15) is 4.39 Å². The highest BCUT2D eigenvalue weighted by atomic mass is 19.1. The first kappa shape index (κ1) is 24.2. The molecule has 3 heterocycles. The van der Waals surface area contributed by atoms with Crippen LogP contribution in [0.2, 0.25) is 0 Å². The molecule has 1 aliphatic heterocycles. The number of pyridine rings is 1. The van der Waals surface area contributed by atoms with Crippen LogP contribution in [0.1, 0.15) is 45.2 Å². The summed E-state index contributed by atoms with van der Waals surface area (Å²) in [7, 11) is 0. The van der Waals surface area contributed by atoms with Crippen molar-refractivity contribution in [3.05, 3.63) is 120 Å². The smallest absolute Gasteiger partial charge is 0.122 e. The van der Waals surface area contributed by atoms with Crippen LogP contribution in [0.4, 0.5) is 15.8 Å². The van der Waals surface area contributed by atoms with Crippen LogP contribution in [-0.2, 0) is 5.41 Å². The number of para-hydroxylation sites is 2. The minimum absolute atomic E-state index is 0.0903. The van der Waals surface area contributed by atoms with Crippen molar-refractivity contribution in [2.24, 2.45) is 0 Å². The van der Waals surface area contributed by atoms with Crippen LogP contribution in [0.3, 0.4) is 0 Å². The van der Waals surface area contributed by atoms with Crippen molar-refractivity contribution in [3.8, 4) is 5.69 Å². The number of aromatic nitrogens is 2. The number of allylic oxidation sites excluding steroid dienone is 3. The molecular weight excluding hydrogens is 469 g/mol. The number of hydrogen-bond donors (Lipinski definition) is 0. The molecule has 0 N–H and O–H groups in total. The van der Waals surface area contributed by atoms with Crippen LogP contribution in [0, 0.1) is 0 Å². The first-order valence-electron chi connectivity index (χ1n) is 13.4. The quantitative estimate of drug-likeness (QED) is 0.246. The highest BCUT2D eigenvalue weighted by Crippen LogP contribution is 2.48. The van der Waals surface area contributed by atoms with E-state index in [0.29, 0.717) is 6.42 Å². The SMILES string of the molecule is CC.CC1(C)c2ccccc2-n2c3ccc(N(C4=CCC(F)C=C4)c4ccncc4)cc3c3cccc1c32. The first-order chi connectivity index (χ1) is 18.5. The maximum atomic E-state index is 13.9. The summed E-state index contributed by atoms with van der Waals surface area (Å²) in [5.41, 5.74) is 9.30. The molecule has 0 saturated heterocycles. The van der Waals surface area contributed by atoms with Gasteiger partial charge in [-0.2, -0.15) is 0 Å². The van der Waals surface area contributed by atoms with Crippen LogP contribution in [0.15, 0.2) is 109 Å². The largest absolute Gasteiger partial charge is 0.311 e. The fourth-order valence-corrected chi connectivity index (χ4v) is 5.98. The third-order valence-corrected chi connectivity index (χ3v) is 7.73. The molecule has 38 heavy (non-hydrogen) atoms. The Morgan fingerprint density at radius 3 is 2.39 bits per heavy atom. The first-order valence-corrected chi connectivity index (χ1v) is 13.4. The Kier molecular flexibility index (Phi) is 5.91. The Bertz CT molecular complexity index is 1710. The van der Waals surface area contributed by atoms with Crippen LogP contribution < -0.4 is 4.90 Å². The molecule has 3 nitrogen and oxygen atoms in total. The third kappa shape index (κ3) is 3.59. The van der Waals surface area contributed by atoms with Gasteiger partial charge in [0.15, 0.2) is 0 Å². The summed E-state index contributed by atoms with van der Waals surface area (Å²) >= 11 is 0. The van der Waals surface area contributed by atoms with Crippen LogP contribution >= 0.6 is 0 Å². The Balaban J connectivity index is 0.00000129. The summed E-state index contributed by atoms with van der Waals surface area (Å²) in [4.78, 5) is 6.40. The van der Waals surface area contributed by atoms with Gasteiger partial charge in [-0.25, -0.2) is 4.39 Å². The molecule has 1 unspecified atom stereocenters. The molecule has 4 heteroatoms. The molecule has 1 aliphatic carbocycles. The van der Waals surface area contributed by atoms with E-state index in [2.05, 4.69) is 89.0 Å². The number of anilines is 2. The molecule has 0 bridgehead atoms. The average molecular weight is 502 g/mol. The molecule has 0 radical (unpaired) electrons. The molecule has 2 aliphatic rings. The van der Waals surface area contributed by atoms with Crippen molar-refractivity contribution < 1.29 is 4.39 Å². The molecule has 1 atom stereocenters. The molecular formula is C34H32FN3. The van der Waals surface area contributed by atoms with Crippen molar-refractivity contribution in [2.75, 3.05) is 4.90 Å². The van der Waals surface area contributed by atoms with E-state index in [-0.39, 0.29) is 5.41 Å². The monoisotopic (exact) mass is 501 g/mol. The summed E-state index contributed by atoms with van der Waals surface area (Å²) in [6.07, 6.45) is 8.54. The standard InChI is InChI=1S/C32H26FN3.C2H6/c1-32(2)27-7-3-4-9-30(27)36-29-15-14-24(20-26(29)25-6-5-8-28(32)31(25)36)35(23-16-18-34-19-17-23)22-12-10-21(33)11-13-22;1-2/h3-10,12-21H,11H2,1-2H3;1-2H3. The Labute approximate surface area is 223 Å². The topological polar surface area (TPSA) is 21.1 Å². The molecule has 2 aromatic heterocycles. The number of alkyl halides is 1. The van der Waals surface area contributed by atoms with Gasteiger partial charge < -0.3 is 9.47 Å². The maximum Gasteiger partial charge on any atom is 0.122 e. The summed E-state index contributed by atoms with van der Waals surface area (Å²) in [6.45, 7) is 8.64. The second-order valence-corrected chi connectivity index (χ2v) is 10.2. The zero-order valence-electron chi connectivity index (χ0n) is 22.3. The normalized spacial score (nSPS) is 17.0. The number of hydrogen-bond acceptors (Lipinski definition) is 2. The molecule has 7 rings (SSSR count). The summed E-state index contributed by atoms with van der Waals surface area (Å²) in [5, 5.41) is 2.46. The van der Waals surface area contributed by atoms with Crippen molar-refractivity contribution in [1.29, 1.82) is 0 Å². The number of halogens is 1. The average Bonchev–Trinajstić information content (AvgIpc) is 3.29. The van der Waals surface area contributed by atoms with Gasteiger partial charge in [-0.15, -0.1) is 0 Å². The predicted molar refractivity (Wildman–Crippen MR) is 157 cm³/mol. The van der Waals surface area contributed by atoms with E-state index in [4.69, 9.17) is 0 Å². The van der Waals surface area contributed by atoms with Crippen molar-refractivity contribution in [1.82, 2.24) is 9.55 Å². The molecule has 0 fully saturated rings. The second kappa shape index (κ2) is 9.29. The highest BCUT2D eigenvalue weighted by Gasteiger charge is 2.34. The van der Waals surface area contributed by atoms with Gasteiger partial charge in [-0.1, -0.05) is 70.2 Å². The summed E-state index contributed by atoms with van der Waals surface area (Å²) in [5.74, 6) is 0. The van der Waals surface area contributed by atoms with Gasteiger partial charge in [-0.05, 0) is 59.7 Å². The van der Waals surface area contributed by atoms with Gasteiger partial charge in [0.1, 0.15) is 6.17 Å². The molecule has 0 spiro atoms. The van der Waals surface area contributed by atoms with Gasteiger partial charge in [0.25, 0.3) is 0 Å². The van der Waals surface area contributed by atoms with Crippen molar-refractivity contribution >= 4 is 33.2 Å². The zero-order chi connectivity index (χ0) is 26.4. The fourth-order valence-electron chi connectivity index (χ4n) is 5.98. The van der Waals surface area contributed by atoms with Gasteiger partial charge in [0.2, 0.25) is 0 Å². The second-order valence-electron chi connectivity index (χ2n) is 10.2. The molecule has 0 saturated carbocycles. The maximum absolute atomic E-state index is 13.9. The molecule has 5 aromatic rings. The van der Waals surface area contributed by atoms with Crippen LogP contribution in [0.25, 0.3) is 27.5 Å². The van der Waals surface area contributed by atoms with Gasteiger partial charge in [-0.3, -0.25) is 4.98 Å². The molecule has 190 valence electrons. The lowest BCUT2D eigenvalue weighted by atomic mass is 9.75. The van der Waals surface area contributed by atoms with E-state index in [1.54, 1.807) is 18.5 Å². The molecule has 0 amide bonds. The van der Waals surface area contributed by atoms with Gasteiger partial charge in [0.05, 0.1) is 16.7 Å². The van der Waals surface area contributed by atoms with Crippen LogP contribution in [-0.4, -0.2) is 15.7 Å². The van der Waals surface area contributed by atoms with E-state index in [1.165, 1.54) is 38.6 Å². The lowest BCUT2D eigenvalue weighted by Gasteiger charge is -2.34. The predicted octanol–water partition coefficient (Wildman–Crippen LogP) is 9.16. The zero-order valence-corrected chi connectivity index (χ0v) is 22.3. The minimum atomic E-state index is -0.933. The van der Waals surface area contributed by atoms with E-state index in [1.807, 2.05) is 38.1 Å².